The minimum absolute atomic E-state index is 0.113. The van der Waals surface area contributed by atoms with Gasteiger partial charge in [0.2, 0.25) is 0 Å². The maximum Gasteiger partial charge on any atom is 0.306 e. The number of aliphatic hydroxyl groups excluding tert-OH is 4. The summed E-state index contributed by atoms with van der Waals surface area (Å²) in [6.45, 7) is 4.59. The van der Waals surface area contributed by atoms with Crippen LogP contribution in [0.1, 0.15) is 264 Å². The van der Waals surface area contributed by atoms with Gasteiger partial charge in [0.05, 0.1) is 19.8 Å². The Hall–Kier alpha value is -1.59. The molecular weight excluding hydrogens is 841 g/mol. The van der Waals surface area contributed by atoms with Crippen molar-refractivity contribution in [3.8, 4) is 0 Å². The minimum atomic E-state index is -1.54. The van der Waals surface area contributed by atoms with E-state index in [1.807, 2.05) is 0 Å². The Balaban J connectivity index is 2.16. The summed E-state index contributed by atoms with van der Waals surface area (Å²) in [5.41, 5.74) is 0. The molecule has 0 bridgehead atoms. The maximum absolute atomic E-state index is 12.9. The molecule has 0 spiro atoms. The molecule has 4 N–H and O–H groups in total. The fraction of sp³-hybridized carbons (Fsp3) is 0.879. The van der Waals surface area contributed by atoms with Crippen LogP contribution in [0, 0.1) is 0 Å². The predicted molar refractivity (Wildman–Crippen MR) is 279 cm³/mol. The molecule has 0 aromatic carbocycles. The molecule has 6 unspecified atom stereocenters. The zero-order valence-electron chi connectivity index (χ0n) is 43.7. The molecule has 1 aliphatic heterocycles. The van der Waals surface area contributed by atoms with Crippen LogP contribution in [-0.2, 0) is 23.7 Å². The molecule has 9 heteroatoms. The lowest BCUT2D eigenvalue weighted by Crippen LogP contribution is -2.59. The molecule has 0 aromatic rings. The molecule has 1 heterocycles. The zero-order valence-corrected chi connectivity index (χ0v) is 43.7. The zero-order chi connectivity index (χ0) is 48.5. The van der Waals surface area contributed by atoms with Crippen LogP contribution in [0.4, 0.5) is 0 Å². The van der Waals surface area contributed by atoms with Gasteiger partial charge in [-0.15, -0.1) is 0 Å². The molecule has 6 atom stereocenters. The Labute approximate surface area is 412 Å². The monoisotopic (exact) mass is 949 g/mol. The summed E-state index contributed by atoms with van der Waals surface area (Å²) in [5.74, 6) is -0.316. The van der Waals surface area contributed by atoms with Crippen LogP contribution in [0.2, 0.25) is 0 Å². The van der Waals surface area contributed by atoms with E-state index in [-0.39, 0.29) is 19.2 Å². The van der Waals surface area contributed by atoms with Gasteiger partial charge in [-0.2, -0.15) is 0 Å². The summed E-state index contributed by atoms with van der Waals surface area (Å²) in [5, 5.41) is 40.3. The Morgan fingerprint density at radius 3 is 1.30 bits per heavy atom. The third kappa shape index (κ3) is 39.8. The van der Waals surface area contributed by atoms with E-state index in [1.54, 1.807) is 0 Å². The normalized spacial score (nSPS) is 19.4. The fourth-order valence-electron chi connectivity index (χ4n) is 8.85. The van der Waals surface area contributed by atoms with Gasteiger partial charge < -0.3 is 39.4 Å². The van der Waals surface area contributed by atoms with E-state index in [0.29, 0.717) is 13.0 Å². The average molecular weight is 949 g/mol. The molecule has 394 valence electrons. The van der Waals surface area contributed by atoms with Crippen LogP contribution in [0.15, 0.2) is 36.5 Å². The number of carbonyl (C=O) groups is 1. The maximum atomic E-state index is 12.9. The van der Waals surface area contributed by atoms with Crippen molar-refractivity contribution in [2.75, 3.05) is 26.4 Å². The van der Waals surface area contributed by atoms with Crippen LogP contribution in [0.25, 0.3) is 0 Å². The lowest BCUT2D eigenvalue weighted by molar-refractivity contribution is -0.305. The second-order valence-corrected chi connectivity index (χ2v) is 19.7. The Morgan fingerprint density at radius 1 is 0.478 bits per heavy atom. The van der Waals surface area contributed by atoms with Gasteiger partial charge in [-0.05, 0) is 51.4 Å². The van der Waals surface area contributed by atoms with Gasteiger partial charge in [0.25, 0.3) is 0 Å². The quantitative estimate of drug-likeness (QED) is 0.0267. The van der Waals surface area contributed by atoms with Crippen molar-refractivity contribution in [3.63, 3.8) is 0 Å². The van der Waals surface area contributed by atoms with Crippen molar-refractivity contribution in [2.24, 2.45) is 0 Å². The van der Waals surface area contributed by atoms with Crippen molar-refractivity contribution >= 4 is 5.97 Å². The van der Waals surface area contributed by atoms with Crippen molar-refractivity contribution in [3.05, 3.63) is 36.5 Å². The predicted octanol–water partition coefficient (Wildman–Crippen LogP) is 14.7. The molecule has 1 saturated heterocycles. The molecule has 1 rings (SSSR count). The summed E-state index contributed by atoms with van der Waals surface area (Å²) in [7, 11) is 0. The van der Waals surface area contributed by atoms with Crippen molar-refractivity contribution in [1.29, 1.82) is 0 Å². The highest BCUT2D eigenvalue weighted by molar-refractivity contribution is 5.69. The SMILES string of the molecule is CCCCCCC/C=C\C/C=C\C/C=C\CCCCCCCCCCC(=O)OC(COCCCCCCCCCCCCCCCCCCCCCCC)COC1OC(CO)C(O)C(O)C1O. The number of hydrogen-bond acceptors (Lipinski definition) is 9. The molecule has 9 nitrogen and oxygen atoms in total. The molecule has 0 saturated carbocycles. The number of allylic oxidation sites excluding steroid dienone is 6. The third-order valence-electron chi connectivity index (χ3n) is 13.3. The molecule has 0 aliphatic carbocycles. The third-order valence-corrected chi connectivity index (χ3v) is 13.3. The Kier molecular flexibility index (Phi) is 46.8. The topological polar surface area (TPSA) is 135 Å². The molecule has 1 aliphatic rings. The van der Waals surface area contributed by atoms with Crippen LogP contribution in [0.3, 0.4) is 0 Å². The van der Waals surface area contributed by atoms with E-state index < -0.39 is 43.4 Å². The number of esters is 1. The first-order chi connectivity index (χ1) is 32.9. The van der Waals surface area contributed by atoms with Gasteiger partial charge in [-0.3, -0.25) is 4.79 Å². The highest BCUT2D eigenvalue weighted by atomic mass is 16.7. The summed E-state index contributed by atoms with van der Waals surface area (Å²) in [4.78, 5) is 12.9. The average Bonchev–Trinajstić information content (AvgIpc) is 3.33. The van der Waals surface area contributed by atoms with E-state index >= 15 is 0 Å². The van der Waals surface area contributed by atoms with E-state index in [1.165, 1.54) is 193 Å². The number of carbonyl (C=O) groups excluding carboxylic acids is 1. The van der Waals surface area contributed by atoms with Crippen LogP contribution in [-0.4, -0.2) is 89.6 Å². The van der Waals surface area contributed by atoms with E-state index in [9.17, 15) is 25.2 Å². The van der Waals surface area contributed by atoms with Gasteiger partial charge in [0.1, 0.15) is 30.5 Å². The van der Waals surface area contributed by atoms with Gasteiger partial charge in [-0.25, -0.2) is 0 Å². The number of aliphatic hydroxyl groups is 4. The molecular formula is C58H108O9. The highest BCUT2D eigenvalue weighted by Crippen LogP contribution is 2.23. The smallest absolute Gasteiger partial charge is 0.306 e. The molecule has 0 amide bonds. The number of ether oxygens (including phenoxy) is 4. The molecule has 1 fully saturated rings. The number of unbranched alkanes of at least 4 members (excludes halogenated alkanes) is 33. The first-order valence-electron chi connectivity index (χ1n) is 28.6. The van der Waals surface area contributed by atoms with Crippen LogP contribution >= 0.6 is 0 Å². The van der Waals surface area contributed by atoms with Crippen molar-refractivity contribution in [2.45, 2.75) is 301 Å². The lowest BCUT2D eigenvalue weighted by Gasteiger charge is -2.39. The van der Waals surface area contributed by atoms with Gasteiger partial charge in [0, 0.05) is 13.0 Å². The van der Waals surface area contributed by atoms with Crippen molar-refractivity contribution in [1.82, 2.24) is 0 Å². The number of hydrogen-bond donors (Lipinski definition) is 4. The second-order valence-electron chi connectivity index (χ2n) is 19.7. The first-order valence-corrected chi connectivity index (χ1v) is 28.6. The van der Waals surface area contributed by atoms with E-state index in [0.717, 1.165) is 51.4 Å². The van der Waals surface area contributed by atoms with E-state index in [4.69, 9.17) is 18.9 Å². The molecule has 0 aromatic heterocycles. The summed E-state index contributed by atoms with van der Waals surface area (Å²) >= 11 is 0. The van der Waals surface area contributed by atoms with Gasteiger partial charge in [-0.1, -0.05) is 243 Å². The van der Waals surface area contributed by atoms with Crippen molar-refractivity contribution < 1.29 is 44.2 Å². The minimum Gasteiger partial charge on any atom is -0.457 e. The van der Waals surface area contributed by atoms with Gasteiger partial charge in [0.15, 0.2) is 6.29 Å². The fourth-order valence-corrected chi connectivity index (χ4v) is 8.85. The summed E-state index contributed by atoms with van der Waals surface area (Å²) < 4.78 is 23.0. The Morgan fingerprint density at radius 2 is 0.866 bits per heavy atom. The standard InChI is InChI=1S/C58H108O9/c1-3-5-7-9-11-13-15-17-19-21-23-25-26-27-29-31-33-35-37-39-41-43-45-47-54(60)66-52(51-65-58-57(63)56(62)55(61)53(49-59)67-58)50-64-48-46-44-42-40-38-36-34-32-30-28-24-22-20-18-16-14-12-10-8-6-4-2/h15,17,21,23,26-27,52-53,55-59,61-63H,3-14,16,18-20,22,24-25,28-51H2,1-2H3/b17-15-,23-21-,27-26-. The Bertz CT molecular complexity index is 1130. The van der Waals surface area contributed by atoms with Gasteiger partial charge >= 0.3 is 5.97 Å². The first kappa shape index (κ1) is 63.4. The second kappa shape index (κ2) is 49.4. The van der Waals surface area contributed by atoms with E-state index in [2.05, 4.69) is 50.3 Å². The lowest BCUT2D eigenvalue weighted by atomic mass is 9.99. The largest absolute Gasteiger partial charge is 0.457 e. The summed E-state index contributed by atoms with van der Waals surface area (Å²) in [6, 6.07) is 0. The van der Waals surface area contributed by atoms with Crippen LogP contribution < -0.4 is 0 Å². The molecule has 67 heavy (non-hydrogen) atoms. The molecule has 0 radical (unpaired) electrons. The number of rotatable bonds is 50. The van der Waals surface area contributed by atoms with Crippen LogP contribution in [0.5, 0.6) is 0 Å². The summed E-state index contributed by atoms with van der Waals surface area (Å²) in [6.07, 6.45) is 54.7. The highest BCUT2D eigenvalue weighted by Gasteiger charge is 2.44.